The smallest absolute Gasteiger partial charge is 0.321 e. The molecule has 3 aliphatic heterocycles. The summed E-state index contributed by atoms with van der Waals surface area (Å²) < 4.78 is 5.40. The Bertz CT molecular complexity index is 1130. The standard InChI is InChI=1S/C31H43N5O3/c1-4-23(2)28-29(37)36(25-14-18-34(19-15-25)22-24-10-6-5-7-11-24)31(33-28)16-20-35(21-17-31)30(38)32-26-12-8-9-13-27(26)39-3/h5-13,23,25,28,33H,4,14-22H2,1-3H3,(H,32,38). The van der Waals surface area contributed by atoms with Crippen molar-refractivity contribution in [2.24, 2.45) is 5.92 Å². The number of urea groups is 1. The highest BCUT2D eigenvalue weighted by Crippen LogP contribution is 2.39. The van der Waals surface area contributed by atoms with Gasteiger partial charge in [0.25, 0.3) is 0 Å². The summed E-state index contributed by atoms with van der Waals surface area (Å²) >= 11 is 0. The number of rotatable bonds is 7. The maximum Gasteiger partial charge on any atom is 0.321 e. The Hall–Kier alpha value is -3.10. The quantitative estimate of drug-likeness (QED) is 0.547. The average molecular weight is 534 g/mol. The SMILES string of the molecule is CCC(C)C1NC2(CCN(C(=O)Nc3ccccc3OC)CC2)N(C2CCN(Cc3ccccc3)CC2)C1=O. The lowest BCUT2D eigenvalue weighted by molar-refractivity contribution is -0.138. The largest absolute Gasteiger partial charge is 0.495 e. The van der Waals surface area contributed by atoms with Crippen molar-refractivity contribution in [3.05, 3.63) is 60.2 Å². The summed E-state index contributed by atoms with van der Waals surface area (Å²) in [6.45, 7) is 8.45. The fourth-order valence-electron chi connectivity index (χ4n) is 6.52. The van der Waals surface area contributed by atoms with E-state index < -0.39 is 5.66 Å². The first-order valence-electron chi connectivity index (χ1n) is 14.5. The molecule has 0 aliphatic carbocycles. The lowest BCUT2D eigenvalue weighted by Crippen LogP contribution is -2.63. The molecular weight excluding hydrogens is 490 g/mol. The van der Waals surface area contributed by atoms with Crippen LogP contribution in [0.25, 0.3) is 0 Å². The van der Waals surface area contributed by atoms with Crippen LogP contribution in [0.4, 0.5) is 10.5 Å². The highest BCUT2D eigenvalue weighted by Gasteiger charge is 2.55. The molecule has 1 spiro atoms. The van der Waals surface area contributed by atoms with E-state index in [1.807, 2.05) is 29.2 Å². The van der Waals surface area contributed by atoms with Gasteiger partial charge in [0.05, 0.1) is 24.5 Å². The van der Waals surface area contributed by atoms with Gasteiger partial charge in [0.1, 0.15) is 5.75 Å². The van der Waals surface area contributed by atoms with Gasteiger partial charge in [-0.1, -0.05) is 62.7 Å². The number of amides is 3. The number of nitrogens with one attached hydrogen (secondary N) is 2. The molecule has 2 aromatic carbocycles. The molecule has 3 fully saturated rings. The lowest BCUT2D eigenvalue weighted by Gasteiger charge is -2.49. The summed E-state index contributed by atoms with van der Waals surface area (Å²) in [7, 11) is 1.60. The van der Waals surface area contributed by atoms with Crippen LogP contribution in [-0.4, -0.2) is 77.7 Å². The molecule has 3 saturated heterocycles. The van der Waals surface area contributed by atoms with Crippen molar-refractivity contribution in [1.29, 1.82) is 0 Å². The molecule has 2 unspecified atom stereocenters. The molecular formula is C31H43N5O3. The fourth-order valence-corrected chi connectivity index (χ4v) is 6.52. The molecule has 3 amide bonds. The predicted molar refractivity (Wildman–Crippen MR) is 154 cm³/mol. The van der Waals surface area contributed by atoms with Crippen LogP contribution >= 0.6 is 0 Å². The van der Waals surface area contributed by atoms with Crippen LogP contribution in [0, 0.1) is 5.92 Å². The molecule has 2 aromatic rings. The van der Waals surface area contributed by atoms with Crippen LogP contribution < -0.4 is 15.4 Å². The van der Waals surface area contributed by atoms with Crippen molar-refractivity contribution in [1.82, 2.24) is 20.0 Å². The van der Waals surface area contributed by atoms with Crippen LogP contribution in [0.5, 0.6) is 5.75 Å². The van der Waals surface area contributed by atoms with Crippen LogP contribution in [0.2, 0.25) is 0 Å². The van der Waals surface area contributed by atoms with Gasteiger partial charge in [-0.3, -0.25) is 15.0 Å². The first-order valence-corrected chi connectivity index (χ1v) is 14.5. The molecule has 2 atom stereocenters. The summed E-state index contributed by atoms with van der Waals surface area (Å²) in [5, 5.41) is 6.83. The van der Waals surface area contributed by atoms with Crippen molar-refractivity contribution in [3.8, 4) is 5.75 Å². The highest BCUT2D eigenvalue weighted by atomic mass is 16.5. The van der Waals surface area contributed by atoms with Crippen molar-refractivity contribution in [2.45, 2.75) is 70.2 Å². The number of para-hydroxylation sites is 2. The second kappa shape index (κ2) is 12.0. The molecule has 8 heteroatoms. The Morgan fingerprint density at radius 3 is 2.38 bits per heavy atom. The zero-order valence-electron chi connectivity index (χ0n) is 23.6. The molecule has 0 saturated carbocycles. The first-order chi connectivity index (χ1) is 18.9. The van der Waals surface area contributed by atoms with Crippen LogP contribution in [0.1, 0.15) is 51.5 Å². The minimum Gasteiger partial charge on any atom is -0.495 e. The van der Waals surface area contributed by atoms with Gasteiger partial charge in [-0.15, -0.1) is 0 Å². The number of carbonyl (C=O) groups is 2. The van der Waals surface area contributed by atoms with E-state index in [0.717, 1.165) is 51.7 Å². The average Bonchev–Trinajstić information content (AvgIpc) is 3.25. The van der Waals surface area contributed by atoms with E-state index in [-0.39, 0.29) is 29.9 Å². The fraction of sp³-hybridized carbons (Fsp3) is 0.548. The van der Waals surface area contributed by atoms with E-state index in [1.165, 1.54) is 5.56 Å². The lowest BCUT2D eigenvalue weighted by atomic mass is 9.92. The zero-order valence-corrected chi connectivity index (χ0v) is 23.6. The number of piperidine rings is 2. The minimum absolute atomic E-state index is 0.127. The summed E-state index contributed by atoms with van der Waals surface area (Å²) in [4.78, 5) is 33.7. The van der Waals surface area contributed by atoms with E-state index in [2.05, 4.69) is 64.6 Å². The maximum atomic E-state index is 13.9. The third-order valence-electron chi connectivity index (χ3n) is 9.00. The van der Waals surface area contributed by atoms with Crippen molar-refractivity contribution >= 4 is 17.6 Å². The van der Waals surface area contributed by atoms with Crippen LogP contribution in [0.3, 0.4) is 0 Å². The van der Waals surface area contributed by atoms with Gasteiger partial charge in [0.15, 0.2) is 0 Å². The van der Waals surface area contributed by atoms with Crippen molar-refractivity contribution in [3.63, 3.8) is 0 Å². The molecule has 5 rings (SSSR count). The molecule has 8 nitrogen and oxygen atoms in total. The Balaban J connectivity index is 1.26. The van der Waals surface area contributed by atoms with Gasteiger partial charge >= 0.3 is 6.03 Å². The predicted octanol–water partition coefficient (Wildman–Crippen LogP) is 4.53. The zero-order chi connectivity index (χ0) is 27.4. The molecule has 3 aliphatic rings. The Morgan fingerprint density at radius 1 is 1.05 bits per heavy atom. The van der Waals surface area contributed by atoms with E-state index in [1.54, 1.807) is 7.11 Å². The second-order valence-corrected chi connectivity index (χ2v) is 11.4. The molecule has 2 N–H and O–H groups in total. The Labute approximate surface area is 232 Å². The summed E-state index contributed by atoms with van der Waals surface area (Å²) in [5.41, 5.74) is 1.61. The summed E-state index contributed by atoms with van der Waals surface area (Å²) in [6.07, 6.45) is 4.38. The summed E-state index contributed by atoms with van der Waals surface area (Å²) in [6, 6.07) is 18.0. The van der Waals surface area contributed by atoms with Crippen LogP contribution in [0.15, 0.2) is 54.6 Å². The molecule has 0 radical (unpaired) electrons. The topological polar surface area (TPSA) is 77.2 Å². The molecule has 0 aromatic heterocycles. The molecule has 210 valence electrons. The normalized spacial score (nSPS) is 22.7. The number of methoxy groups -OCH3 is 1. The van der Waals surface area contributed by atoms with Crippen molar-refractivity contribution < 1.29 is 14.3 Å². The second-order valence-electron chi connectivity index (χ2n) is 11.4. The molecule has 3 heterocycles. The first kappa shape index (κ1) is 27.5. The minimum atomic E-state index is -0.390. The maximum absolute atomic E-state index is 13.9. The van der Waals surface area contributed by atoms with E-state index >= 15 is 0 Å². The number of anilines is 1. The number of ether oxygens (including phenoxy) is 1. The van der Waals surface area contributed by atoms with E-state index in [9.17, 15) is 9.59 Å². The summed E-state index contributed by atoms with van der Waals surface area (Å²) in [5.74, 6) is 1.16. The molecule has 39 heavy (non-hydrogen) atoms. The van der Waals surface area contributed by atoms with Crippen LogP contribution in [-0.2, 0) is 11.3 Å². The third kappa shape index (κ3) is 5.77. The number of benzene rings is 2. The van der Waals surface area contributed by atoms with Gasteiger partial charge in [-0.05, 0) is 36.5 Å². The van der Waals surface area contributed by atoms with Gasteiger partial charge in [-0.2, -0.15) is 0 Å². The number of carbonyl (C=O) groups excluding carboxylic acids is 2. The highest BCUT2D eigenvalue weighted by molar-refractivity contribution is 5.91. The Morgan fingerprint density at radius 2 is 1.72 bits per heavy atom. The van der Waals surface area contributed by atoms with Gasteiger partial charge in [-0.25, -0.2) is 4.79 Å². The van der Waals surface area contributed by atoms with E-state index in [0.29, 0.717) is 24.5 Å². The van der Waals surface area contributed by atoms with E-state index in [4.69, 9.17) is 4.74 Å². The number of hydrogen-bond acceptors (Lipinski definition) is 5. The number of nitrogens with zero attached hydrogens (tertiary/aromatic N) is 3. The molecule has 0 bridgehead atoms. The monoisotopic (exact) mass is 533 g/mol. The van der Waals surface area contributed by atoms with Gasteiger partial charge in [0.2, 0.25) is 5.91 Å². The third-order valence-corrected chi connectivity index (χ3v) is 9.00. The van der Waals surface area contributed by atoms with Gasteiger partial charge < -0.3 is 19.9 Å². The number of hydrogen-bond donors (Lipinski definition) is 2. The number of likely N-dealkylation sites (tertiary alicyclic amines) is 2. The van der Waals surface area contributed by atoms with Crippen molar-refractivity contribution in [2.75, 3.05) is 38.6 Å². The Kier molecular flexibility index (Phi) is 8.43. The van der Waals surface area contributed by atoms with Gasteiger partial charge in [0, 0.05) is 51.6 Å².